The zero-order chi connectivity index (χ0) is 29.3. The lowest BCUT2D eigenvalue weighted by atomic mass is 9.81. The van der Waals surface area contributed by atoms with Crippen LogP contribution in [0.2, 0.25) is 0 Å². The van der Waals surface area contributed by atoms with Crippen LogP contribution in [0.5, 0.6) is 0 Å². The van der Waals surface area contributed by atoms with Gasteiger partial charge in [-0.25, -0.2) is 0 Å². The molecule has 2 aliphatic rings. The standard InChI is InChI=1S/C39H55N2.BrH/c1-7-9-11-13-22-30-40-34-26-20-18-24-32(34)38(3,4)36(40)28-16-15-17-29-37-39(5,6)33-25-19-21-27-35(33)41(37)31-23-14-12-10-8-2;/h15-21,24-29H,7-14,22-23,30-31H2,1-6H3;1H/q+1;/p-1. The van der Waals surface area contributed by atoms with Gasteiger partial charge in [0.05, 0.1) is 5.41 Å². The molecule has 0 atom stereocenters. The first-order chi connectivity index (χ1) is 19.8. The molecule has 2 aromatic rings. The first-order valence-corrected chi connectivity index (χ1v) is 16.5. The van der Waals surface area contributed by atoms with Gasteiger partial charge < -0.3 is 21.9 Å². The van der Waals surface area contributed by atoms with E-state index in [1.807, 2.05) is 0 Å². The number of para-hydroxylation sites is 2. The van der Waals surface area contributed by atoms with Crippen LogP contribution in [0.4, 0.5) is 11.4 Å². The largest absolute Gasteiger partial charge is 1.00 e. The number of anilines is 1. The van der Waals surface area contributed by atoms with Gasteiger partial charge in [0.1, 0.15) is 6.54 Å². The summed E-state index contributed by atoms with van der Waals surface area (Å²) in [6.45, 7) is 16.3. The third-order valence-corrected chi connectivity index (χ3v) is 9.30. The average Bonchev–Trinajstić information content (AvgIpc) is 3.31. The summed E-state index contributed by atoms with van der Waals surface area (Å²) in [5, 5.41) is 0. The third kappa shape index (κ3) is 7.57. The quantitative estimate of drug-likeness (QED) is 0.111. The fourth-order valence-corrected chi connectivity index (χ4v) is 6.87. The fraction of sp³-hybridized carbons (Fsp3) is 0.513. The average molecular weight is 632 g/mol. The minimum absolute atomic E-state index is 0. The highest BCUT2D eigenvalue weighted by Crippen LogP contribution is 2.47. The number of halogens is 1. The van der Waals surface area contributed by atoms with Crippen LogP contribution in [0.3, 0.4) is 0 Å². The first-order valence-electron chi connectivity index (χ1n) is 16.5. The number of unbranched alkanes of at least 4 members (excludes halogenated alkanes) is 8. The van der Waals surface area contributed by atoms with Gasteiger partial charge in [-0.15, -0.1) is 0 Å². The summed E-state index contributed by atoms with van der Waals surface area (Å²) < 4.78 is 2.58. The first kappa shape index (κ1) is 34.1. The number of benzene rings is 2. The Hall–Kier alpha value is -2.39. The van der Waals surface area contributed by atoms with Crippen molar-refractivity contribution < 1.29 is 21.6 Å². The molecular formula is C39H55BrN2. The van der Waals surface area contributed by atoms with Crippen LogP contribution >= 0.6 is 0 Å². The second-order valence-electron chi connectivity index (χ2n) is 13.1. The summed E-state index contributed by atoms with van der Waals surface area (Å²) >= 11 is 0. The highest BCUT2D eigenvalue weighted by molar-refractivity contribution is 6.03. The Balaban J connectivity index is 0.00000484. The van der Waals surface area contributed by atoms with Crippen molar-refractivity contribution in [2.45, 2.75) is 117 Å². The molecule has 0 saturated heterocycles. The van der Waals surface area contributed by atoms with Crippen molar-refractivity contribution in [1.29, 1.82) is 0 Å². The number of rotatable bonds is 15. The van der Waals surface area contributed by atoms with Crippen LogP contribution in [0, 0.1) is 0 Å². The molecule has 0 aromatic heterocycles. The lowest BCUT2D eigenvalue weighted by molar-refractivity contribution is -0.438. The van der Waals surface area contributed by atoms with Crippen LogP contribution in [-0.2, 0) is 10.8 Å². The van der Waals surface area contributed by atoms with Crippen LogP contribution in [0.15, 0.2) is 84.6 Å². The van der Waals surface area contributed by atoms with Crippen molar-refractivity contribution in [3.05, 3.63) is 95.7 Å². The second kappa shape index (κ2) is 15.9. The molecule has 3 heteroatoms. The summed E-state index contributed by atoms with van der Waals surface area (Å²) in [4.78, 5) is 2.58. The monoisotopic (exact) mass is 630 g/mol. The van der Waals surface area contributed by atoms with Crippen LogP contribution in [0.1, 0.15) is 117 Å². The van der Waals surface area contributed by atoms with Crippen molar-refractivity contribution in [3.8, 4) is 0 Å². The van der Waals surface area contributed by atoms with Gasteiger partial charge in [-0.05, 0) is 44.4 Å². The molecule has 0 unspecified atom stereocenters. The molecule has 2 heterocycles. The minimum atomic E-state index is 0. The Morgan fingerprint density at radius 1 is 0.667 bits per heavy atom. The predicted octanol–water partition coefficient (Wildman–Crippen LogP) is 7.80. The predicted molar refractivity (Wildman–Crippen MR) is 180 cm³/mol. The van der Waals surface area contributed by atoms with E-state index >= 15 is 0 Å². The van der Waals surface area contributed by atoms with Crippen molar-refractivity contribution >= 4 is 17.1 Å². The zero-order valence-corrected chi connectivity index (χ0v) is 28.8. The van der Waals surface area contributed by atoms with Crippen molar-refractivity contribution in [3.63, 3.8) is 0 Å². The molecule has 0 amide bonds. The fourth-order valence-electron chi connectivity index (χ4n) is 6.87. The number of hydrogen-bond acceptors (Lipinski definition) is 1. The molecule has 0 fully saturated rings. The highest BCUT2D eigenvalue weighted by Gasteiger charge is 2.43. The van der Waals surface area contributed by atoms with Gasteiger partial charge in [0.2, 0.25) is 5.69 Å². The summed E-state index contributed by atoms with van der Waals surface area (Å²) in [7, 11) is 0. The Morgan fingerprint density at radius 2 is 1.29 bits per heavy atom. The summed E-state index contributed by atoms with van der Waals surface area (Å²) in [5.74, 6) is 0. The maximum Gasteiger partial charge on any atom is 0.209 e. The van der Waals surface area contributed by atoms with E-state index in [0.29, 0.717) is 0 Å². The summed E-state index contributed by atoms with van der Waals surface area (Å²) in [5.41, 5.74) is 8.50. The molecule has 2 nitrogen and oxygen atoms in total. The number of fused-ring (bicyclic) bond motifs is 2. The molecule has 228 valence electrons. The topological polar surface area (TPSA) is 6.25 Å². The smallest absolute Gasteiger partial charge is 0.209 e. The Morgan fingerprint density at radius 3 is 2.00 bits per heavy atom. The molecule has 0 N–H and O–H groups in total. The van der Waals surface area contributed by atoms with Crippen molar-refractivity contribution in [1.82, 2.24) is 0 Å². The SMILES string of the molecule is CCCCCCCN1/C(=C/C=C/C=C/C2=[N+](CCCCCCC)c3ccccc3C2(C)C)C(C)(C)c2ccccc21.[Br-]. The zero-order valence-electron chi connectivity index (χ0n) is 27.3. The van der Waals surface area contributed by atoms with Gasteiger partial charge >= 0.3 is 0 Å². The van der Waals surface area contributed by atoms with E-state index in [-0.39, 0.29) is 27.8 Å². The molecule has 0 spiro atoms. The van der Waals surface area contributed by atoms with Gasteiger partial charge in [-0.3, -0.25) is 0 Å². The van der Waals surface area contributed by atoms with Crippen molar-refractivity contribution in [2.24, 2.45) is 0 Å². The van der Waals surface area contributed by atoms with E-state index in [9.17, 15) is 0 Å². The maximum absolute atomic E-state index is 2.58. The Bertz CT molecular complexity index is 1280. The van der Waals surface area contributed by atoms with E-state index in [2.05, 4.69) is 130 Å². The maximum atomic E-state index is 2.58. The lowest BCUT2D eigenvalue weighted by Crippen LogP contribution is -3.00. The van der Waals surface area contributed by atoms with E-state index in [1.54, 1.807) is 0 Å². The van der Waals surface area contributed by atoms with E-state index in [1.165, 1.54) is 98.1 Å². The van der Waals surface area contributed by atoms with Gasteiger partial charge in [-0.2, -0.15) is 4.58 Å². The second-order valence-corrected chi connectivity index (χ2v) is 13.1. The molecule has 0 radical (unpaired) electrons. The molecule has 0 bridgehead atoms. The summed E-state index contributed by atoms with van der Waals surface area (Å²) in [6, 6.07) is 18.0. The molecule has 0 aliphatic carbocycles. The highest BCUT2D eigenvalue weighted by atomic mass is 79.9. The molecule has 4 rings (SSSR count). The van der Waals surface area contributed by atoms with Gasteiger partial charge in [0.25, 0.3) is 0 Å². The van der Waals surface area contributed by atoms with Crippen LogP contribution in [-0.4, -0.2) is 23.4 Å². The normalized spacial score (nSPS) is 17.9. The van der Waals surface area contributed by atoms with Crippen molar-refractivity contribution in [2.75, 3.05) is 18.0 Å². The third-order valence-electron chi connectivity index (χ3n) is 9.30. The van der Waals surface area contributed by atoms with Crippen LogP contribution < -0.4 is 21.9 Å². The van der Waals surface area contributed by atoms with E-state index < -0.39 is 0 Å². The Kier molecular flexibility index (Phi) is 12.9. The molecule has 2 aromatic carbocycles. The number of nitrogens with zero attached hydrogens (tertiary/aromatic N) is 2. The molecule has 0 saturated carbocycles. The van der Waals surface area contributed by atoms with E-state index in [4.69, 9.17) is 0 Å². The lowest BCUT2D eigenvalue weighted by Gasteiger charge is -2.27. The minimum Gasteiger partial charge on any atom is -1.00 e. The molecule has 2 aliphatic heterocycles. The molecular weight excluding hydrogens is 576 g/mol. The van der Waals surface area contributed by atoms with Gasteiger partial charge in [0.15, 0.2) is 5.71 Å². The summed E-state index contributed by atoms with van der Waals surface area (Å²) in [6.07, 6.45) is 24.5. The molecule has 42 heavy (non-hydrogen) atoms. The van der Waals surface area contributed by atoms with Crippen LogP contribution in [0.25, 0.3) is 0 Å². The number of hydrogen-bond donors (Lipinski definition) is 0. The van der Waals surface area contributed by atoms with Gasteiger partial charge in [-0.1, -0.05) is 127 Å². The Labute approximate surface area is 268 Å². The van der Waals surface area contributed by atoms with Gasteiger partial charge in [0, 0.05) is 47.5 Å². The van der Waals surface area contributed by atoms with E-state index in [0.717, 1.165) is 13.1 Å². The number of allylic oxidation sites excluding steroid dienone is 6.